The average Bonchev–Trinajstić information content (AvgIpc) is 2.04. The van der Waals surface area contributed by atoms with E-state index in [1.165, 1.54) is 0 Å². The van der Waals surface area contributed by atoms with Crippen molar-refractivity contribution in [1.82, 2.24) is 10.6 Å². The molecule has 0 radical (unpaired) electrons. The van der Waals surface area contributed by atoms with Crippen molar-refractivity contribution in [3.8, 4) is 0 Å². The molecule has 0 fully saturated rings. The average molecular weight is 146 g/mol. The summed E-state index contributed by atoms with van der Waals surface area (Å²) in [6.07, 6.45) is 1.64. The van der Waals surface area contributed by atoms with Crippen molar-refractivity contribution in [3.05, 3.63) is 0 Å². The van der Waals surface area contributed by atoms with Gasteiger partial charge < -0.3 is 10.6 Å². The van der Waals surface area contributed by atoms with Crippen molar-refractivity contribution in [2.24, 2.45) is 0 Å². The normalized spacial score (nSPS) is 11.7. The van der Waals surface area contributed by atoms with Crippen LogP contribution >= 0.6 is 0 Å². The van der Waals surface area contributed by atoms with Crippen LogP contribution in [0.5, 0.6) is 0 Å². The van der Waals surface area contributed by atoms with Gasteiger partial charge >= 0.3 is 0 Å². The second-order valence-corrected chi connectivity index (χ2v) is 1.81. The van der Waals surface area contributed by atoms with E-state index in [-0.39, 0.29) is 0 Å². The maximum absolute atomic E-state index is 3.27. The van der Waals surface area contributed by atoms with Crippen molar-refractivity contribution < 1.29 is 0 Å². The summed E-state index contributed by atoms with van der Waals surface area (Å²) in [4.78, 5) is 0. The zero-order valence-electron chi connectivity index (χ0n) is 7.99. The van der Waals surface area contributed by atoms with Gasteiger partial charge in [-0.15, -0.1) is 0 Å². The topological polar surface area (TPSA) is 24.1 Å². The molecule has 10 heavy (non-hydrogen) atoms. The third-order valence-electron chi connectivity index (χ3n) is 1.21. The summed E-state index contributed by atoms with van der Waals surface area (Å²) in [6.45, 7) is 9.31. The molecular weight excluding hydrogens is 124 g/mol. The lowest BCUT2D eigenvalue weighted by molar-refractivity contribution is 0.455. The molecule has 1 unspecified atom stereocenters. The highest BCUT2D eigenvalue weighted by molar-refractivity contribution is 4.55. The molecule has 2 nitrogen and oxygen atoms in total. The highest BCUT2D eigenvalue weighted by Gasteiger charge is 1.95. The lowest BCUT2D eigenvalue weighted by atomic mass is 10.4. The lowest BCUT2D eigenvalue weighted by Crippen LogP contribution is -2.39. The molecular formula is C8H22N2. The Balaban J connectivity index is 0. The predicted octanol–water partition coefficient (Wildman–Crippen LogP) is 1.58. The Hall–Kier alpha value is -0.0800. The molecule has 0 aliphatic carbocycles. The van der Waals surface area contributed by atoms with E-state index in [0.29, 0.717) is 6.17 Å². The fourth-order valence-corrected chi connectivity index (χ4v) is 0.697. The minimum absolute atomic E-state index is 0.500. The first-order chi connectivity index (χ1) is 4.85. The highest BCUT2D eigenvalue weighted by Crippen LogP contribution is 1.80. The van der Waals surface area contributed by atoms with Crippen LogP contribution in [-0.4, -0.2) is 19.8 Å². The van der Waals surface area contributed by atoms with Crippen LogP contribution < -0.4 is 10.6 Å². The fourth-order valence-electron chi connectivity index (χ4n) is 0.697. The highest BCUT2D eigenvalue weighted by atomic mass is 15.1. The third kappa shape index (κ3) is 7.92. The van der Waals surface area contributed by atoms with Gasteiger partial charge in [-0.2, -0.15) is 0 Å². The number of rotatable bonds is 4. The van der Waals surface area contributed by atoms with Crippen LogP contribution in [0.15, 0.2) is 0 Å². The molecule has 0 saturated heterocycles. The van der Waals surface area contributed by atoms with E-state index >= 15 is 0 Å². The molecule has 0 aromatic rings. The molecule has 0 amide bonds. The van der Waals surface area contributed by atoms with Crippen molar-refractivity contribution in [2.45, 2.75) is 40.3 Å². The van der Waals surface area contributed by atoms with Gasteiger partial charge in [-0.1, -0.05) is 27.7 Å². The van der Waals surface area contributed by atoms with E-state index in [9.17, 15) is 0 Å². The number of hydrogen-bond acceptors (Lipinski definition) is 2. The SMILES string of the molecule is CC.CCNC(CC)NC. The van der Waals surface area contributed by atoms with Crippen LogP contribution in [0.4, 0.5) is 0 Å². The van der Waals surface area contributed by atoms with Crippen LogP contribution in [0.25, 0.3) is 0 Å². The second kappa shape index (κ2) is 11.7. The van der Waals surface area contributed by atoms with Crippen LogP contribution in [-0.2, 0) is 0 Å². The standard InChI is InChI=1S/C6H16N2.C2H6/c1-4-6(7-3)8-5-2;1-2/h6-8H,4-5H2,1-3H3;1-2H3. The van der Waals surface area contributed by atoms with E-state index in [1.54, 1.807) is 0 Å². The summed E-state index contributed by atoms with van der Waals surface area (Å²) in [5.41, 5.74) is 0. The molecule has 2 heteroatoms. The van der Waals surface area contributed by atoms with Gasteiger partial charge in [-0.25, -0.2) is 0 Å². The Bertz CT molecular complexity index is 42.5. The van der Waals surface area contributed by atoms with E-state index < -0.39 is 0 Å². The van der Waals surface area contributed by atoms with Crippen LogP contribution in [0.3, 0.4) is 0 Å². The molecule has 0 aliphatic heterocycles. The predicted molar refractivity (Wildman–Crippen MR) is 48.2 cm³/mol. The second-order valence-electron chi connectivity index (χ2n) is 1.81. The molecule has 0 rings (SSSR count). The van der Waals surface area contributed by atoms with Gasteiger partial charge in [0.25, 0.3) is 0 Å². The molecule has 0 saturated carbocycles. The summed E-state index contributed by atoms with van der Waals surface area (Å²) in [7, 11) is 1.97. The minimum atomic E-state index is 0.500. The smallest absolute Gasteiger partial charge is 0.0566 e. The van der Waals surface area contributed by atoms with Crippen LogP contribution in [0.2, 0.25) is 0 Å². The zero-order chi connectivity index (χ0) is 8.41. The first kappa shape index (κ1) is 12.6. The fraction of sp³-hybridized carbons (Fsp3) is 1.00. The minimum Gasteiger partial charge on any atom is -0.305 e. The molecule has 0 aliphatic rings. The Morgan fingerprint density at radius 1 is 1.20 bits per heavy atom. The van der Waals surface area contributed by atoms with Gasteiger partial charge in [0.1, 0.15) is 0 Å². The first-order valence-corrected chi connectivity index (χ1v) is 4.25. The van der Waals surface area contributed by atoms with Crippen LogP contribution in [0.1, 0.15) is 34.1 Å². The van der Waals surface area contributed by atoms with Crippen LogP contribution in [0, 0.1) is 0 Å². The molecule has 0 aromatic carbocycles. The van der Waals surface area contributed by atoms with Gasteiger partial charge in [0.2, 0.25) is 0 Å². The van der Waals surface area contributed by atoms with Crippen molar-refractivity contribution in [2.75, 3.05) is 13.6 Å². The quantitative estimate of drug-likeness (QED) is 0.588. The number of hydrogen-bond donors (Lipinski definition) is 2. The Labute approximate surface area is 65.4 Å². The Morgan fingerprint density at radius 3 is 1.80 bits per heavy atom. The summed E-state index contributed by atoms with van der Waals surface area (Å²) >= 11 is 0. The maximum atomic E-state index is 3.27. The van der Waals surface area contributed by atoms with Crippen molar-refractivity contribution in [3.63, 3.8) is 0 Å². The summed E-state index contributed by atoms with van der Waals surface area (Å²) in [5.74, 6) is 0. The van der Waals surface area contributed by atoms with Crippen molar-refractivity contribution in [1.29, 1.82) is 0 Å². The van der Waals surface area contributed by atoms with Gasteiger partial charge in [0.05, 0.1) is 6.17 Å². The molecule has 1 atom stereocenters. The summed E-state index contributed by atoms with van der Waals surface area (Å²) in [5, 5.41) is 6.41. The zero-order valence-corrected chi connectivity index (χ0v) is 7.99. The van der Waals surface area contributed by atoms with E-state index in [1.807, 2.05) is 20.9 Å². The van der Waals surface area contributed by atoms with Gasteiger partial charge in [0, 0.05) is 0 Å². The monoisotopic (exact) mass is 146 g/mol. The lowest BCUT2D eigenvalue weighted by Gasteiger charge is -2.13. The van der Waals surface area contributed by atoms with Gasteiger partial charge in [-0.05, 0) is 20.0 Å². The van der Waals surface area contributed by atoms with E-state index in [0.717, 1.165) is 13.0 Å². The van der Waals surface area contributed by atoms with E-state index in [2.05, 4.69) is 24.5 Å². The number of nitrogens with one attached hydrogen (secondary N) is 2. The van der Waals surface area contributed by atoms with Crippen molar-refractivity contribution >= 4 is 0 Å². The van der Waals surface area contributed by atoms with E-state index in [4.69, 9.17) is 0 Å². The molecule has 64 valence electrons. The molecule has 0 spiro atoms. The summed E-state index contributed by atoms with van der Waals surface area (Å²) < 4.78 is 0. The molecule has 2 N–H and O–H groups in total. The van der Waals surface area contributed by atoms with Gasteiger partial charge in [-0.3, -0.25) is 0 Å². The maximum Gasteiger partial charge on any atom is 0.0566 e. The first-order valence-electron chi connectivity index (χ1n) is 4.25. The largest absolute Gasteiger partial charge is 0.305 e. The molecule has 0 bridgehead atoms. The van der Waals surface area contributed by atoms with Gasteiger partial charge in [0.15, 0.2) is 0 Å². The third-order valence-corrected chi connectivity index (χ3v) is 1.21. The summed E-state index contributed by atoms with van der Waals surface area (Å²) in [6, 6.07) is 0. The Kier molecular flexibility index (Phi) is 14.7. The molecule has 0 heterocycles. The molecule has 0 aromatic heterocycles. The Morgan fingerprint density at radius 2 is 1.70 bits per heavy atom.